The highest BCUT2D eigenvalue weighted by Crippen LogP contribution is 2.28. The van der Waals surface area contributed by atoms with E-state index >= 15 is 0 Å². The van der Waals surface area contributed by atoms with Crippen LogP contribution >= 0.6 is 46.6 Å². The molecule has 0 bridgehead atoms. The number of nitrogens with zero attached hydrogens (tertiary/aromatic N) is 1. The fraction of sp³-hybridized carbons (Fsp3) is 0.118. The molecule has 0 radical (unpaired) electrons. The van der Waals surface area contributed by atoms with Crippen LogP contribution in [-0.4, -0.2) is 22.2 Å². The van der Waals surface area contributed by atoms with Gasteiger partial charge in [-0.05, 0) is 42.5 Å². The molecule has 1 aliphatic heterocycles. The average Bonchev–Trinajstić information content (AvgIpc) is 2.91. The number of hydrogen-bond donors (Lipinski definition) is 2. The van der Waals surface area contributed by atoms with Gasteiger partial charge in [0.2, 0.25) is 11.8 Å². The van der Waals surface area contributed by atoms with Gasteiger partial charge < -0.3 is 10.6 Å². The maximum absolute atomic E-state index is 12.2. The van der Waals surface area contributed by atoms with E-state index in [1.54, 1.807) is 36.4 Å². The average molecular weight is 429 g/mol. The Morgan fingerprint density at radius 3 is 2.50 bits per heavy atom. The van der Waals surface area contributed by atoms with Crippen LogP contribution in [0.1, 0.15) is 6.42 Å². The van der Waals surface area contributed by atoms with Crippen molar-refractivity contribution in [2.45, 2.75) is 11.7 Å². The standard InChI is InChI=1S/C17H12Cl3N3O2S/c18-9-1-4-11(5-2-9)21-17-23-16(25)14(26-17)8-15(24)22-13-6-3-10(19)7-12(13)20/h1-7,14H,8H2,(H,22,24)(H,21,23,25)/t14-/m0/s1. The largest absolute Gasteiger partial charge is 0.325 e. The molecule has 3 rings (SSSR count). The maximum Gasteiger partial charge on any atom is 0.240 e. The number of hydrogen-bond acceptors (Lipinski definition) is 4. The van der Waals surface area contributed by atoms with Crippen molar-refractivity contribution in [2.24, 2.45) is 4.99 Å². The smallest absolute Gasteiger partial charge is 0.240 e. The van der Waals surface area contributed by atoms with Crippen molar-refractivity contribution in [2.75, 3.05) is 5.32 Å². The van der Waals surface area contributed by atoms with Crippen LogP contribution in [0.5, 0.6) is 0 Å². The fourth-order valence-electron chi connectivity index (χ4n) is 2.19. The molecule has 134 valence electrons. The molecule has 2 aromatic carbocycles. The summed E-state index contributed by atoms with van der Waals surface area (Å²) in [7, 11) is 0. The van der Waals surface area contributed by atoms with E-state index < -0.39 is 5.25 Å². The van der Waals surface area contributed by atoms with Gasteiger partial charge in [-0.3, -0.25) is 9.59 Å². The first-order valence-electron chi connectivity index (χ1n) is 7.47. The van der Waals surface area contributed by atoms with Crippen molar-refractivity contribution >= 4 is 74.9 Å². The van der Waals surface area contributed by atoms with Crippen molar-refractivity contribution in [1.29, 1.82) is 0 Å². The van der Waals surface area contributed by atoms with E-state index in [-0.39, 0.29) is 18.2 Å². The van der Waals surface area contributed by atoms with Crippen molar-refractivity contribution in [3.8, 4) is 0 Å². The molecule has 1 atom stereocenters. The Bertz CT molecular complexity index is 887. The van der Waals surface area contributed by atoms with Crippen LogP contribution in [-0.2, 0) is 9.59 Å². The Balaban J connectivity index is 1.62. The molecule has 1 saturated heterocycles. The lowest BCUT2D eigenvalue weighted by molar-refractivity contribution is -0.122. The van der Waals surface area contributed by atoms with Gasteiger partial charge in [0, 0.05) is 16.5 Å². The summed E-state index contributed by atoms with van der Waals surface area (Å²) in [6.45, 7) is 0. The Labute approximate surface area is 169 Å². The minimum absolute atomic E-state index is 0.00487. The van der Waals surface area contributed by atoms with E-state index in [2.05, 4.69) is 15.6 Å². The molecule has 9 heteroatoms. The van der Waals surface area contributed by atoms with Crippen molar-refractivity contribution in [1.82, 2.24) is 5.32 Å². The molecular weight excluding hydrogens is 417 g/mol. The minimum atomic E-state index is -0.563. The number of nitrogens with one attached hydrogen (secondary N) is 2. The number of amides is 2. The molecule has 0 saturated carbocycles. The summed E-state index contributed by atoms with van der Waals surface area (Å²) in [6.07, 6.45) is -0.00487. The number of amidine groups is 1. The molecule has 0 aliphatic carbocycles. The van der Waals surface area contributed by atoms with Gasteiger partial charge in [0.25, 0.3) is 0 Å². The summed E-state index contributed by atoms with van der Waals surface area (Å²) in [6, 6.07) is 11.7. The third-order valence-corrected chi connectivity index (χ3v) is 5.29. The van der Waals surface area contributed by atoms with Gasteiger partial charge in [0.15, 0.2) is 5.17 Å². The molecule has 5 nitrogen and oxygen atoms in total. The Kier molecular flexibility index (Phi) is 6.09. The second-order valence-electron chi connectivity index (χ2n) is 5.37. The predicted molar refractivity (Wildman–Crippen MR) is 108 cm³/mol. The molecule has 26 heavy (non-hydrogen) atoms. The molecule has 0 unspecified atom stereocenters. The second-order valence-corrected chi connectivity index (χ2v) is 7.84. The number of anilines is 1. The molecular formula is C17H12Cl3N3O2S. The Morgan fingerprint density at radius 2 is 1.81 bits per heavy atom. The van der Waals surface area contributed by atoms with Gasteiger partial charge in [-0.1, -0.05) is 46.6 Å². The van der Waals surface area contributed by atoms with Gasteiger partial charge >= 0.3 is 0 Å². The topological polar surface area (TPSA) is 70.6 Å². The number of thioether (sulfide) groups is 1. The third kappa shape index (κ3) is 4.92. The SMILES string of the molecule is O=C(C[C@@H]1SC(=Nc2ccc(Cl)cc2)NC1=O)Nc1ccc(Cl)cc1Cl. The van der Waals surface area contributed by atoms with Crippen LogP contribution in [0.4, 0.5) is 11.4 Å². The molecule has 1 heterocycles. The number of halogens is 3. The lowest BCUT2D eigenvalue weighted by Gasteiger charge is -2.09. The number of aliphatic imine (C=N–C) groups is 1. The van der Waals surface area contributed by atoms with Crippen LogP contribution in [0.2, 0.25) is 15.1 Å². The first kappa shape index (κ1) is 19.0. The first-order chi connectivity index (χ1) is 12.4. The molecule has 2 aromatic rings. The number of rotatable bonds is 4. The number of carbonyl (C=O) groups excluding carboxylic acids is 2. The molecule has 2 N–H and O–H groups in total. The maximum atomic E-state index is 12.2. The monoisotopic (exact) mass is 427 g/mol. The summed E-state index contributed by atoms with van der Waals surface area (Å²) in [4.78, 5) is 28.6. The molecule has 0 aromatic heterocycles. The highest BCUT2D eigenvalue weighted by molar-refractivity contribution is 8.15. The van der Waals surface area contributed by atoms with Crippen molar-refractivity contribution in [3.05, 3.63) is 57.5 Å². The summed E-state index contributed by atoms with van der Waals surface area (Å²) < 4.78 is 0. The van der Waals surface area contributed by atoms with Gasteiger partial charge in [0.05, 0.1) is 16.4 Å². The van der Waals surface area contributed by atoms with E-state index in [9.17, 15) is 9.59 Å². The number of benzene rings is 2. The van der Waals surface area contributed by atoms with Crippen LogP contribution in [0, 0.1) is 0 Å². The predicted octanol–water partition coefficient (Wildman–Crippen LogP) is 4.89. The third-order valence-electron chi connectivity index (χ3n) is 3.41. The van der Waals surface area contributed by atoms with Crippen LogP contribution in [0.25, 0.3) is 0 Å². The van der Waals surface area contributed by atoms with Gasteiger partial charge in [-0.25, -0.2) is 4.99 Å². The zero-order chi connectivity index (χ0) is 18.7. The zero-order valence-electron chi connectivity index (χ0n) is 13.1. The zero-order valence-corrected chi connectivity index (χ0v) is 16.2. The summed E-state index contributed by atoms with van der Waals surface area (Å²) in [5.74, 6) is -0.588. The van der Waals surface area contributed by atoms with E-state index in [1.807, 2.05) is 0 Å². The summed E-state index contributed by atoms with van der Waals surface area (Å²) in [5, 5.41) is 6.64. The first-order valence-corrected chi connectivity index (χ1v) is 9.49. The second kappa shape index (κ2) is 8.31. The van der Waals surface area contributed by atoms with E-state index in [4.69, 9.17) is 34.8 Å². The molecule has 2 amide bonds. The Hall–Kier alpha value is -1.73. The fourth-order valence-corrected chi connectivity index (χ4v) is 3.76. The normalized spacial score (nSPS) is 18.0. The molecule has 1 fully saturated rings. The van der Waals surface area contributed by atoms with E-state index in [0.717, 1.165) is 0 Å². The highest BCUT2D eigenvalue weighted by atomic mass is 35.5. The van der Waals surface area contributed by atoms with Gasteiger partial charge in [0.1, 0.15) is 5.25 Å². The van der Waals surface area contributed by atoms with Crippen LogP contribution in [0.3, 0.4) is 0 Å². The van der Waals surface area contributed by atoms with Crippen LogP contribution in [0.15, 0.2) is 47.5 Å². The Morgan fingerprint density at radius 1 is 1.12 bits per heavy atom. The minimum Gasteiger partial charge on any atom is -0.325 e. The van der Waals surface area contributed by atoms with Crippen molar-refractivity contribution < 1.29 is 9.59 Å². The van der Waals surface area contributed by atoms with Gasteiger partial charge in [-0.15, -0.1) is 0 Å². The highest BCUT2D eigenvalue weighted by Gasteiger charge is 2.32. The molecule has 0 spiro atoms. The van der Waals surface area contributed by atoms with Crippen molar-refractivity contribution in [3.63, 3.8) is 0 Å². The summed E-state index contributed by atoms with van der Waals surface area (Å²) >= 11 is 18.9. The van der Waals surface area contributed by atoms with E-state index in [0.29, 0.717) is 31.6 Å². The quantitative estimate of drug-likeness (QED) is 0.728. The summed E-state index contributed by atoms with van der Waals surface area (Å²) in [5.41, 5.74) is 1.11. The van der Waals surface area contributed by atoms with Gasteiger partial charge in [-0.2, -0.15) is 0 Å². The lowest BCUT2D eigenvalue weighted by atomic mass is 10.2. The number of carbonyl (C=O) groups is 2. The van der Waals surface area contributed by atoms with Crippen LogP contribution < -0.4 is 10.6 Å². The van der Waals surface area contributed by atoms with E-state index in [1.165, 1.54) is 17.8 Å². The lowest BCUT2D eigenvalue weighted by Crippen LogP contribution is -2.28. The molecule has 1 aliphatic rings.